The first kappa shape index (κ1) is 16.1. The van der Waals surface area contributed by atoms with E-state index < -0.39 is 0 Å². The molecule has 0 radical (unpaired) electrons. The number of anilines is 1. The molecular weight excluding hydrogens is 308 g/mol. The highest BCUT2D eigenvalue weighted by Gasteiger charge is 2.23. The van der Waals surface area contributed by atoms with Crippen molar-refractivity contribution in [2.45, 2.75) is 33.3 Å². The van der Waals surface area contributed by atoms with E-state index in [2.05, 4.69) is 10.3 Å². The minimum absolute atomic E-state index is 0.0970. The Labute approximate surface area is 140 Å². The number of hydrogen-bond acceptors (Lipinski definition) is 4. The number of Topliss-reactive ketones (excluding diaryl/α,β-unsaturated/α-hetero) is 1. The van der Waals surface area contributed by atoms with Gasteiger partial charge in [0, 0.05) is 29.8 Å². The van der Waals surface area contributed by atoms with Crippen molar-refractivity contribution in [1.82, 2.24) is 4.98 Å². The summed E-state index contributed by atoms with van der Waals surface area (Å²) in [7, 11) is 0. The molecule has 0 saturated heterocycles. The Hall–Kier alpha value is -2.76. The molecule has 2 heterocycles. The van der Waals surface area contributed by atoms with E-state index >= 15 is 0 Å². The van der Waals surface area contributed by atoms with Gasteiger partial charge in [-0.1, -0.05) is 0 Å². The van der Waals surface area contributed by atoms with E-state index in [9.17, 15) is 9.59 Å². The van der Waals surface area contributed by atoms with Crippen molar-refractivity contribution >= 4 is 17.4 Å². The minimum Gasteiger partial charge on any atom is -0.492 e. The number of rotatable bonds is 5. The van der Waals surface area contributed by atoms with E-state index in [1.54, 1.807) is 6.07 Å². The van der Waals surface area contributed by atoms with Gasteiger partial charge in [-0.3, -0.25) is 9.59 Å². The third-order valence-corrected chi connectivity index (χ3v) is 3.88. The van der Waals surface area contributed by atoms with Gasteiger partial charge in [0.05, 0.1) is 12.3 Å². The molecule has 2 N–H and O–H groups in total. The monoisotopic (exact) mass is 328 g/mol. The number of carbonyl (C=O) groups excluding carboxylic acids is 2. The summed E-state index contributed by atoms with van der Waals surface area (Å²) >= 11 is 0. The number of aromatic nitrogens is 1. The number of hydrogen-bond donors (Lipinski definition) is 2. The van der Waals surface area contributed by atoms with Gasteiger partial charge in [0.15, 0.2) is 5.78 Å². The molecule has 1 aliphatic heterocycles. The molecule has 6 nitrogen and oxygen atoms in total. The Bertz CT molecular complexity index is 794. The lowest BCUT2D eigenvalue weighted by molar-refractivity contribution is 0.101. The second kappa shape index (κ2) is 6.39. The van der Waals surface area contributed by atoms with Crippen molar-refractivity contribution in [2.75, 3.05) is 11.9 Å². The van der Waals surface area contributed by atoms with E-state index in [0.717, 1.165) is 17.7 Å². The first-order chi connectivity index (χ1) is 11.5. The number of amides is 1. The summed E-state index contributed by atoms with van der Waals surface area (Å²) in [5.74, 6) is 0.937. The number of benzene rings is 1. The molecule has 0 bridgehead atoms. The van der Waals surface area contributed by atoms with Crippen LogP contribution in [0.3, 0.4) is 0 Å². The van der Waals surface area contributed by atoms with Crippen molar-refractivity contribution in [3.05, 3.63) is 41.2 Å². The largest absolute Gasteiger partial charge is 0.492 e. The molecule has 126 valence electrons. The van der Waals surface area contributed by atoms with Crippen molar-refractivity contribution in [3.63, 3.8) is 0 Å². The number of H-pyrrole nitrogens is 1. The van der Waals surface area contributed by atoms with Crippen LogP contribution in [0.5, 0.6) is 11.5 Å². The van der Waals surface area contributed by atoms with Crippen molar-refractivity contribution in [3.8, 4) is 11.5 Å². The first-order valence-electron chi connectivity index (χ1n) is 7.95. The van der Waals surface area contributed by atoms with Crippen molar-refractivity contribution < 1.29 is 19.1 Å². The van der Waals surface area contributed by atoms with Crippen LogP contribution < -0.4 is 14.8 Å². The summed E-state index contributed by atoms with van der Waals surface area (Å²) < 4.78 is 11.4. The van der Waals surface area contributed by atoms with Gasteiger partial charge < -0.3 is 19.8 Å². The van der Waals surface area contributed by atoms with E-state index in [4.69, 9.17) is 9.47 Å². The van der Waals surface area contributed by atoms with Gasteiger partial charge in [0.2, 0.25) is 0 Å². The number of ether oxygens (including phenoxy) is 2. The van der Waals surface area contributed by atoms with Crippen LogP contribution in [-0.4, -0.2) is 29.4 Å². The van der Waals surface area contributed by atoms with Crippen LogP contribution in [0.25, 0.3) is 0 Å². The quantitative estimate of drug-likeness (QED) is 0.826. The Balaban J connectivity index is 1.86. The smallest absolute Gasteiger partial charge is 0.272 e. The summed E-state index contributed by atoms with van der Waals surface area (Å²) in [5.41, 5.74) is 2.41. The average molecular weight is 328 g/mol. The molecule has 1 amide bonds. The van der Waals surface area contributed by atoms with Gasteiger partial charge in [0.1, 0.15) is 23.3 Å². The summed E-state index contributed by atoms with van der Waals surface area (Å²) in [5, 5.41) is 2.82. The lowest BCUT2D eigenvalue weighted by Gasteiger charge is -2.13. The van der Waals surface area contributed by atoms with Gasteiger partial charge in [-0.2, -0.15) is 0 Å². The van der Waals surface area contributed by atoms with E-state index in [-0.39, 0.29) is 17.8 Å². The Morgan fingerprint density at radius 3 is 2.83 bits per heavy atom. The second-order valence-electron chi connectivity index (χ2n) is 5.83. The molecule has 6 heteroatoms. The molecule has 2 aromatic rings. The molecule has 0 unspecified atom stereocenters. The fourth-order valence-corrected chi connectivity index (χ4v) is 2.73. The number of carbonyl (C=O) groups is 2. The lowest BCUT2D eigenvalue weighted by atomic mass is 10.1. The predicted molar refractivity (Wildman–Crippen MR) is 90.2 cm³/mol. The Kier molecular flexibility index (Phi) is 4.29. The number of aromatic amines is 1. The first-order valence-corrected chi connectivity index (χ1v) is 7.95. The van der Waals surface area contributed by atoms with E-state index in [1.165, 1.54) is 19.2 Å². The van der Waals surface area contributed by atoms with Gasteiger partial charge in [0.25, 0.3) is 5.91 Å². The summed E-state index contributed by atoms with van der Waals surface area (Å²) in [6.07, 6.45) is 2.46. The van der Waals surface area contributed by atoms with Crippen LogP contribution >= 0.6 is 0 Å². The highest BCUT2D eigenvalue weighted by atomic mass is 16.5. The number of fused-ring (bicyclic) bond motifs is 1. The summed E-state index contributed by atoms with van der Waals surface area (Å²) in [4.78, 5) is 26.6. The maximum Gasteiger partial charge on any atom is 0.272 e. The molecular formula is C18H20N2O4. The molecule has 1 aliphatic rings. The minimum atomic E-state index is -0.338. The van der Waals surface area contributed by atoms with Crippen LogP contribution in [0.4, 0.5) is 5.69 Å². The summed E-state index contributed by atoms with van der Waals surface area (Å²) in [6.45, 7) is 5.84. The fourth-order valence-electron chi connectivity index (χ4n) is 2.73. The Morgan fingerprint density at radius 1 is 1.38 bits per heavy atom. The van der Waals surface area contributed by atoms with Crippen LogP contribution in [-0.2, 0) is 6.42 Å². The van der Waals surface area contributed by atoms with E-state index in [0.29, 0.717) is 29.3 Å². The standard InChI is InChI=1S/C18H20N2O4/c1-4-23-17-7-12-5-10(2)24-16(12)8-14(17)20-18(22)15-6-13(9-19-15)11(3)21/h6-10,19H,4-5H2,1-3H3,(H,20,22)/t10-/m1/s1. The fraction of sp³-hybridized carbons (Fsp3) is 0.333. The molecule has 1 atom stereocenters. The maximum absolute atomic E-state index is 12.4. The van der Waals surface area contributed by atoms with Gasteiger partial charge in [-0.05, 0) is 32.9 Å². The summed E-state index contributed by atoms with van der Waals surface area (Å²) in [6, 6.07) is 5.23. The van der Waals surface area contributed by atoms with Crippen molar-refractivity contribution in [1.29, 1.82) is 0 Å². The highest BCUT2D eigenvalue weighted by molar-refractivity contribution is 6.06. The van der Waals surface area contributed by atoms with Crippen LogP contribution in [0.15, 0.2) is 24.4 Å². The zero-order chi connectivity index (χ0) is 17.3. The van der Waals surface area contributed by atoms with Crippen LogP contribution in [0.2, 0.25) is 0 Å². The molecule has 3 rings (SSSR count). The third kappa shape index (κ3) is 3.13. The maximum atomic E-state index is 12.4. The molecule has 1 aromatic carbocycles. The molecule has 0 fully saturated rings. The van der Waals surface area contributed by atoms with Crippen LogP contribution in [0, 0.1) is 0 Å². The molecule has 24 heavy (non-hydrogen) atoms. The van der Waals surface area contributed by atoms with Gasteiger partial charge in [-0.15, -0.1) is 0 Å². The predicted octanol–water partition coefficient (Wildman–Crippen LogP) is 3.19. The zero-order valence-electron chi connectivity index (χ0n) is 13.9. The normalized spacial score (nSPS) is 15.5. The topological polar surface area (TPSA) is 80.4 Å². The molecule has 1 aromatic heterocycles. The number of nitrogens with one attached hydrogen (secondary N) is 2. The van der Waals surface area contributed by atoms with Crippen molar-refractivity contribution in [2.24, 2.45) is 0 Å². The van der Waals surface area contributed by atoms with Gasteiger partial charge in [-0.25, -0.2) is 0 Å². The molecule has 0 saturated carbocycles. The SMILES string of the molecule is CCOc1cc2c(cc1NC(=O)c1cc(C(C)=O)c[nH]1)O[C@H](C)C2. The van der Waals surface area contributed by atoms with Gasteiger partial charge >= 0.3 is 0 Å². The highest BCUT2D eigenvalue weighted by Crippen LogP contribution is 2.38. The van der Waals surface area contributed by atoms with Crippen LogP contribution in [0.1, 0.15) is 47.2 Å². The Morgan fingerprint density at radius 2 is 2.17 bits per heavy atom. The molecule has 0 spiro atoms. The van der Waals surface area contributed by atoms with E-state index in [1.807, 2.05) is 19.9 Å². The second-order valence-corrected chi connectivity index (χ2v) is 5.83. The molecule has 0 aliphatic carbocycles. The zero-order valence-corrected chi connectivity index (χ0v) is 13.9. The lowest BCUT2D eigenvalue weighted by Crippen LogP contribution is -2.13. The number of ketones is 1. The average Bonchev–Trinajstić information content (AvgIpc) is 3.13. The third-order valence-electron chi connectivity index (χ3n) is 3.88.